The first-order valence-electron chi connectivity index (χ1n) is 7.32. The minimum absolute atomic E-state index is 0.0857. The third-order valence-corrected chi connectivity index (χ3v) is 4.16. The van der Waals surface area contributed by atoms with Crippen LogP contribution in [0.4, 0.5) is 0 Å². The number of rotatable bonds is 5. The lowest BCUT2D eigenvalue weighted by atomic mass is 10.1. The van der Waals surface area contributed by atoms with Gasteiger partial charge in [0.2, 0.25) is 5.82 Å². The van der Waals surface area contributed by atoms with Gasteiger partial charge in [0.1, 0.15) is 11.8 Å². The molecule has 6 nitrogen and oxygen atoms in total. The van der Waals surface area contributed by atoms with Gasteiger partial charge in [0.25, 0.3) is 0 Å². The van der Waals surface area contributed by atoms with E-state index in [0.29, 0.717) is 17.1 Å². The van der Waals surface area contributed by atoms with Crippen LogP contribution < -0.4 is 4.74 Å². The highest BCUT2D eigenvalue weighted by Crippen LogP contribution is 2.20. The Morgan fingerprint density at radius 1 is 1.12 bits per heavy atom. The summed E-state index contributed by atoms with van der Waals surface area (Å²) in [6.07, 6.45) is 0. The first-order chi connectivity index (χ1) is 11.6. The molecule has 24 heavy (non-hydrogen) atoms. The number of hydrogen-bond donors (Lipinski definition) is 0. The molecule has 0 aliphatic carbocycles. The van der Waals surface area contributed by atoms with E-state index < -0.39 is 6.04 Å². The minimum atomic E-state index is -0.546. The standard InChI is InChI=1S/C17H15BrN4O2/c1-11(16(23)12-5-9-15(24-2)10-6-12)22-20-17(19-21-22)13-3-7-14(18)8-4-13/h3-11H,1-2H3/t11-/m0/s1. The first-order valence-corrected chi connectivity index (χ1v) is 8.11. The predicted octanol–water partition coefficient (Wildman–Crippen LogP) is 3.56. The third-order valence-electron chi connectivity index (χ3n) is 3.63. The van der Waals surface area contributed by atoms with Gasteiger partial charge in [-0.05, 0) is 60.7 Å². The van der Waals surface area contributed by atoms with Crippen LogP contribution in [0.15, 0.2) is 53.0 Å². The summed E-state index contributed by atoms with van der Waals surface area (Å²) < 4.78 is 6.07. The van der Waals surface area contributed by atoms with Gasteiger partial charge in [-0.1, -0.05) is 15.9 Å². The maximum absolute atomic E-state index is 12.6. The molecule has 0 radical (unpaired) electrons. The molecule has 0 spiro atoms. The van der Waals surface area contributed by atoms with Gasteiger partial charge in [-0.15, -0.1) is 10.2 Å². The average molecular weight is 387 g/mol. The molecule has 2 aromatic carbocycles. The van der Waals surface area contributed by atoms with E-state index in [9.17, 15) is 4.79 Å². The van der Waals surface area contributed by atoms with Crippen LogP contribution in [-0.4, -0.2) is 33.1 Å². The fraction of sp³-hybridized carbons (Fsp3) is 0.176. The quantitative estimate of drug-likeness (QED) is 0.627. The van der Waals surface area contributed by atoms with Gasteiger partial charge in [-0.2, -0.15) is 4.80 Å². The van der Waals surface area contributed by atoms with Crippen molar-refractivity contribution in [3.8, 4) is 17.1 Å². The number of halogens is 1. The van der Waals surface area contributed by atoms with Crippen molar-refractivity contribution >= 4 is 21.7 Å². The van der Waals surface area contributed by atoms with Crippen molar-refractivity contribution in [2.75, 3.05) is 7.11 Å². The van der Waals surface area contributed by atoms with E-state index in [1.165, 1.54) is 4.80 Å². The van der Waals surface area contributed by atoms with Gasteiger partial charge in [-0.3, -0.25) is 4.79 Å². The fourth-order valence-electron chi connectivity index (χ4n) is 2.21. The van der Waals surface area contributed by atoms with Crippen LogP contribution in [0.1, 0.15) is 23.3 Å². The third kappa shape index (κ3) is 3.35. The second kappa shape index (κ2) is 6.92. The van der Waals surface area contributed by atoms with Crippen molar-refractivity contribution in [3.63, 3.8) is 0 Å². The van der Waals surface area contributed by atoms with Gasteiger partial charge in [0.05, 0.1) is 7.11 Å². The van der Waals surface area contributed by atoms with E-state index in [0.717, 1.165) is 10.0 Å². The SMILES string of the molecule is COc1ccc(C(=O)[C@H](C)n2nnc(-c3ccc(Br)cc3)n2)cc1. The smallest absolute Gasteiger partial charge is 0.204 e. The summed E-state index contributed by atoms with van der Waals surface area (Å²) in [5.74, 6) is 1.10. The van der Waals surface area contributed by atoms with E-state index in [1.807, 2.05) is 24.3 Å². The van der Waals surface area contributed by atoms with E-state index in [4.69, 9.17) is 4.74 Å². The highest BCUT2D eigenvalue weighted by Gasteiger charge is 2.20. The number of tetrazole rings is 1. The molecule has 0 fully saturated rings. The van der Waals surface area contributed by atoms with E-state index in [-0.39, 0.29) is 5.78 Å². The largest absolute Gasteiger partial charge is 0.497 e. The average Bonchev–Trinajstić information content (AvgIpc) is 3.11. The van der Waals surface area contributed by atoms with E-state index in [1.54, 1.807) is 38.3 Å². The van der Waals surface area contributed by atoms with Crippen LogP contribution in [0.3, 0.4) is 0 Å². The van der Waals surface area contributed by atoms with Crippen LogP contribution in [-0.2, 0) is 0 Å². The Morgan fingerprint density at radius 2 is 1.79 bits per heavy atom. The molecule has 0 unspecified atom stereocenters. The Labute approximate surface area is 147 Å². The number of hydrogen-bond acceptors (Lipinski definition) is 5. The molecule has 1 atom stereocenters. The molecular weight excluding hydrogens is 372 g/mol. The highest BCUT2D eigenvalue weighted by molar-refractivity contribution is 9.10. The van der Waals surface area contributed by atoms with Crippen LogP contribution >= 0.6 is 15.9 Å². The molecule has 0 N–H and O–H groups in total. The van der Waals surface area contributed by atoms with Crippen molar-refractivity contribution in [1.29, 1.82) is 0 Å². The van der Waals surface area contributed by atoms with E-state index >= 15 is 0 Å². The van der Waals surface area contributed by atoms with Crippen LogP contribution in [0, 0.1) is 0 Å². The topological polar surface area (TPSA) is 69.9 Å². The number of ketones is 1. The normalized spacial score (nSPS) is 12.0. The molecule has 0 aliphatic heterocycles. The van der Waals surface area contributed by atoms with Gasteiger partial charge in [-0.25, -0.2) is 0 Å². The van der Waals surface area contributed by atoms with E-state index in [2.05, 4.69) is 31.3 Å². The number of aromatic nitrogens is 4. The summed E-state index contributed by atoms with van der Waals surface area (Å²) in [5, 5.41) is 12.4. The summed E-state index contributed by atoms with van der Waals surface area (Å²) in [6.45, 7) is 1.75. The van der Waals surface area contributed by atoms with Crippen molar-refractivity contribution in [2.24, 2.45) is 0 Å². The molecule has 122 valence electrons. The molecule has 3 aromatic rings. The Kier molecular flexibility index (Phi) is 4.71. The van der Waals surface area contributed by atoms with Crippen molar-refractivity contribution in [2.45, 2.75) is 13.0 Å². The van der Waals surface area contributed by atoms with Crippen LogP contribution in [0.5, 0.6) is 5.75 Å². The number of nitrogens with zero attached hydrogens (tertiary/aromatic N) is 4. The van der Waals surface area contributed by atoms with Crippen LogP contribution in [0.25, 0.3) is 11.4 Å². The summed E-state index contributed by atoms with van der Waals surface area (Å²) in [6, 6.07) is 14.0. The second-order valence-corrected chi connectivity index (χ2v) is 6.12. The number of carbonyl (C=O) groups is 1. The Bertz CT molecular complexity index is 844. The molecule has 3 rings (SSSR count). The molecular formula is C17H15BrN4O2. The maximum Gasteiger partial charge on any atom is 0.204 e. The summed E-state index contributed by atoms with van der Waals surface area (Å²) in [4.78, 5) is 13.9. The number of Topliss-reactive ketones (excluding diaryl/α,β-unsaturated/α-hetero) is 1. The van der Waals surface area contributed by atoms with Crippen LogP contribution in [0.2, 0.25) is 0 Å². The Hall–Kier alpha value is -2.54. The number of ether oxygens (including phenoxy) is 1. The van der Waals surface area contributed by atoms with Crippen molar-refractivity contribution < 1.29 is 9.53 Å². The van der Waals surface area contributed by atoms with Gasteiger partial charge in [0.15, 0.2) is 5.78 Å². The zero-order valence-corrected chi connectivity index (χ0v) is 14.8. The Balaban J connectivity index is 1.80. The molecule has 1 heterocycles. The first kappa shape index (κ1) is 16.3. The zero-order chi connectivity index (χ0) is 17.1. The lowest BCUT2D eigenvalue weighted by molar-refractivity contribution is 0.0918. The Morgan fingerprint density at radius 3 is 2.42 bits per heavy atom. The zero-order valence-electron chi connectivity index (χ0n) is 13.2. The second-order valence-electron chi connectivity index (χ2n) is 5.21. The maximum atomic E-state index is 12.6. The monoisotopic (exact) mass is 386 g/mol. The molecule has 1 aromatic heterocycles. The fourth-order valence-corrected chi connectivity index (χ4v) is 2.47. The summed E-state index contributed by atoms with van der Waals surface area (Å²) >= 11 is 3.39. The molecule has 0 aliphatic rings. The molecule has 0 saturated heterocycles. The summed E-state index contributed by atoms with van der Waals surface area (Å²) in [5.41, 5.74) is 1.42. The van der Waals surface area contributed by atoms with Gasteiger partial charge < -0.3 is 4.74 Å². The molecule has 0 saturated carbocycles. The van der Waals surface area contributed by atoms with Gasteiger partial charge >= 0.3 is 0 Å². The lowest BCUT2D eigenvalue weighted by Gasteiger charge is -2.09. The molecule has 7 heteroatoms. The van der Waals surface area contributed by atoms with Gasteiger partial charge in [0, 0.05) is 15.6 Å². The number of benzene rings is 2. The number of methoxy groups -OCH3 is 1. The predicted molar refractivity (Wildman–Crippen MR) is 93.0 cm³/mol. The number of carbonyl (C=O) groups excluding carboxylic acids is 1. The molecule has 0 bridgehead atoms. The highest BCUT2D eigenvalue weighted by atomic mass is 79.9. The molecule has 0 amide bonds. The summed E-state index contributed by atoms with van der Waals surface area (Å²) in [7, 11) is 1.59. The van der Waals surface area contributed by atoms with Crippen molar-refractivity contribution in [3.05, 3.63) is 58.6 Å². The minimum Gasteiger partial charge on any atom is -0.497 e. The lowest BCUT2D eigenvalue weighted by Crippen LogP contribution is -2.19. The van der Waals surface area contributed by atoms with Crippen molar-refractivity contribution in [1.82, 2.24) is 20.2 Å².